The first-order chi connectivity index (χ1) is 16.2. The van der Waals surface area contributed by atoms with E-state index < -0.39 is 21.8 Å². The van der Waals surface area contributed by atoms with Gasteiger partial charge in [-0.2, -0.15) is 4.31 Å². The van der Waals surface area contributed by atoms with E-state index in [9.17, 15) is 18.0 Å². The standard InChI is InChI=1S/C25H32N4O4S/c1-4-24(30)26-14-15-27-25(31)18-29(34(3,32)33)21-12-16-28(17-13-21)19(2)22-11-7-9-20-8-5-6-10-23(20)22/h1,5-11,19,21H,12-18H2,2-3H3,(H,26,30)(H,27,31). The van der Waals surface area contributed by atoms with Crippen LogP contribution < -0.4 is 10.6 Å². The van der Waals surface area contributed by atoms with Gasteiger partial charge >= 0.3 is 0 Å². The number of terminal acetylenes is 1. The van der Waals surface area contributed by atoms with Crippen molar-refractivity contribution in [3.05, 3.63) is 48.0 Å². The normalized spacial score (nSPS) is 16.2. The number of nitrogens with zero attached hydrogens (tertiary/aromatic N) is 2. The molecule has 9 heteroatoms. The maximum atomic E-state index is 12.5. The number of nitrogens with one attached hydrogen (secondary N) is 2. The summed E-state index contributed by atoms with van der Waals surface area (Å²) in [5.74, 6) is 0.955. The Hall–Kier alpha value is -2.93. The number of carbonyl (C=O) groups excluding carboxylic acids is 2. The molecule has 0 aromatic heterocycles. The van der Waals surface area contributed by atoms with Crippen molar-refractivity contribution in [3.63, 3.8) is 0 Å². The summed E-state index contributed by atoms with van der Waals surface area (Å²) in [7, 11) is -3.57. The molecule has 0 spiro atoms. The number of benzene rings is 2. The van der Waals surface area contributed by atoms with E-state index in [0.717, 1.165) is 19.3 Å². The van der Waals surface area contributed by atoms with Crippen molar-refractivity contribution in [2.75, 3.05) is 39.0 Å². The lowest BCUT2D eigenvalue weighted by Gasteiger charge is -2.39. The summed E-state index contributed by atoms with van der Waals surface area (Å²) < 4.78 is 26.2. The summed E-state index contributed by atoms with van der Waals surface area (Å²) in [5, 5.41) is 7.51. The van der Waals surface area contributed by atoms with Gasteiger partial charge in [0, 0.05) is 38.3 Å². The summed E-state index contributed by atoms with van der Waals surface area (Å²) in [6.07, 6.45) is 7.40. The summed E-state index contributed by atoms with van der Waals surface area (Å²) in [6.45, 7) is 3.76. The third kappa shape index (κ3) is 6.56. The Labute approximate surface area is 201 Å². The number of fused-ring (bicyclic) bond motifs is 1. The van der Waals surface area contributed by atoms with Crippen LogP contribution in [0.3, 0.4) is 0 Å². The van der Waals surface area contributed by atoms with E-state index in [1.165, 1.54) is 20.6 Å². The molecule has 2 N–H and O–H groups in total. The van der Waals surface area contributed by atoms with Crippen LogP contribution in [0.25, 0.3) is 10.8 Å². The Kier molecular flexibility index (Phi) is 8.67. The summed E-state index contributed by atoms with van der Waals surface area (Å²) >= 11 is 0. The molecule has 0 aliphatic carbocycles. The lowest BCUT2D eigenvalue weighted by molar-refractivity contribution is -0.122. The Balaban J connectivity index is 1.59. The summed E-state index contributed by atoms with van der Waals surface area (Å²) in [5.41, 5.74) is 1.26. The zero-order valence-electron chi connectivity index (χ0n) is 19.7. The third-order valence-electron chi connectivity index (χ3n) is 6.32. The second kappa shape index (κ2) is 11.5. The molecule has 0 radical (unpaired) electrons. The molecule has 2 aromatic rings. The van der Waals surface area contributed by atoms with Gasteiger partial charge in [-0.15, -0.1) is 6.42 Å². The van der Waals surface area contributed by atoms with Crippen LogP contribution in [-0.2, 0) is 19.6 Å². The van der Waals surface area contributed by atoms with E-state index in [-0.39, 0.29) is 31.7 Å². The molecule has 0 saturated carbocycles. The quantitative estimate of drug-likeness (QED) is 0.415. The molecule has 1 heterocycles. The van der Waals surface area contributed by atoms with Crippen LogP contribution in [0.1, 0.15) is 31.4 Å². The minimum atomic E-state index is -3.57. The summed E-state index contributed by atoms with van der Waals surface area (Å²) in [6, 6.07) is 14.6. The predicted molar refractivity (Wildman–Crippen MR) is 133 cm³/mol. The van der Waals surface area contributed by atoms with Crippen LogP contribution in [0.2, 0.25) is 0 Å². The fourth-order valence-corrected chi connectivity index (χ4v) is 5.62. The summed E-state index contributed by atoms with van der Waals surface area (Å²) in [4.78, 5) is 25.8. The lowest BCUT2D eigenvalue weighted by atomic mass is 9.96. The van der Waals surface area contributed by atoms with E-state index in [0.29, 0.717) is 12.8 Å². The zero-order valence-corrected chi connectivity index (χ0v) is 20.5. The maximum Gasteiger partial charge on any atom is 0.295 e. The lowest BCUT2D eigenvalue weighted by Crippen LogP contribution is -2.51. The van der Waals surface area contributed by atoms with Crippen molar-refractivity contribution in [1.29, 1.82) is 0 Å². The van der Waals surface area contributed by atoms with E-state index in [1.54, 1.807) is 0 Å². The van der Waals surface area contributed by atoms with Gasteiger partial charge in [-0.3, -0.25) is 14.5 Å². The number of rotatable bonds is 9. The van der Waals surface area contributed by atoms with Crippen LogP contribution in [0.4, 0.5) is 0 Å². The largest absolute Gasteiger partial charge is 0.353 e. The van der Waals surface area contributed by atoms with Crippen molar-refractivity contribution < 1.29 is 18.0 Å². The number of piperidine rings is 1. The fraction of sp³-hybridized carbons (Fsp3) is 0.440. The molecule has 34 heavy (non-hydrogen) atoms. The Morgan fingerprint density at radius 1 is 1.12 bits per heavy atom. The highest BCUT2D eigenvalue weighted by Gasteiger charge is 2.33. The minimum absolute atomic E-state index is 0.171. The fourth-order valence-electron chi connectivity index (χ4n) is 4.52. The van der Waals surface area contributed by atoms with Crippen LogP contribution in [0.5, 0.6) is 0 Å². The molecule has 1 atom stereocenters. The van der Waals surface area contributed by atoms with Crippen molar-refractivity contribution in [2.24, 2.45) is 0 Å². The van der Waals surface area contributed by atoms with E-state index in [4.69, 9.17) is 6.42 Å². The van der Waals surface area contributed by atoms with Gasteiger partial charge in [-0.05, 0) is 42.0 Å². The van der Waals surface area contributed by atoms with E-state index >= 15 is 0 Å². The molecular weight excluding hydrogens is 452 g/mol. The number of amides is 2. The van der Waals surface area contributed by atoms with Crippen LogP contribution >= 0.6 is 0 Å². The smallest absolute Gasteiger partial charge is 0.295 e. The first-order valence-electron chi connectivity index (χ1n) is 11.4. The van der Waals surface area contributed by atoms with Gasteiger partial charge < -0.3 is 10.6 Å². The van der Waals surface area contributed by atoms with Gasteiger partial charge in [0.25, 0.3) is 5.91 Å². The van der Waals surface area contributed by atoms with Crippen molar-refractivity contribution in [2.45, 2.75) is 31.8 Å². The second-order valence-corrected chi connectivity index (χ2v) is 10.5. The predicted octanol–water partition coefficient (Wildman–Crippen LogP) is 1.49. The van der Waals surface area contributed by atoms with Gasteiger partial charge in [-0.1, -0.05) is 42.5 Å². The number of carbonyl (C=O) groups is 2. The van der Waals surface area contributed by atoms with Gasteiger partial charge in [-0.25, -0.2) is 8.42 Å². The molecule has 182 valence electrons. The first-order valence-corrected chi connectivity index (χ1v) is 13.2. The average molecular weight is 485 g/mol. The van der Waals surface area contributed by atoms with E-state index in [1.807, 2.05) is 18.1 Å². The highest BCUT2D eigenvalue weighted by Crippen LogP contribution is 2.31. The second-order valence-electron chi connectivity index (χ2n) is 8.57. The van der Waals surface area contributed by atoms with Crippen LogP contribution in [0, 0.1) is 12.3 Å². The monoisotopic (exact) mass is 484 g/mol. The number of hydrogen-bond donors (Lipinski definition) is 2. The van der Waals surface area contributed by atoms with Gasteiger partial charge in [0.05, 0.1) is 12.8 Å². The average Bonchev–Trinajstić information content (AvgIpc) is 2.83. The molecule has 2 amide bonds. The van der Waals surface area contributed by atoms with Gasteiger partial charge in [0.1, 0.15) is 0 Å². The molecule has 1 aliphatic heterocycles. The number of likely N-dealkylation sites (tertiary alicyclic amines) is 1. The maximum absolute atomic E-state index is 12.5. The van der Waals surface area contributed by atoms with Crippen LogP contribution in [0.15, 0.2) is 42.5 Å². The molecule has 1 unspecified atom stereocenters. The molecule has 8 nitrogen and oxygen atoms in total. The van der Waals surface area contributed by atoms with Gasteiger partial charge in [0.2, 0.25) is 15.9 Å². The van der Waals surface area contributed by atoms with Crippen LogP contribution in [-0.4, -0.2) is 74.5 Å². The molecule has 1 fully saturated rings. The third-order valence-corrected chi connectivity index (χ3v) is 7.60. The minimum Gasteiger partial charge on any atom is -0.353 e. The first kappa shape index (κ1) is 25.7. The van der Waals surface area contributed by atoms with E-state index in [2.05, 4.69) is 52.8 Å². The van der Waals surface area contributed by atoms with Crippen molar-refractivity contribution in [1.82, 2.24) is 19.8 Å². The Morgan fingerprint density at radius 2 is 1.76 bits per heavy atom. The molecule has 1 aliphatic rings. The number of hydrogen-bond acceptors (Lipinski definition) is 5. The highest BCUT2D eigenvalue weighted by atomic mass is 32.2. The molecular formula is C25H32N4O4S. The van der Waals surface area contributed by atoms with Gasteiger partial charge in [0.15, 0.2) is 0 Å². The Morgan fingerprint density at radius 3 is 2.44 bits per heavy atom. The topological polar surface area (TPSA) is 98.8 Å². The molecule has 1 saturated heterocycles. The highest BCUT2D eigenvalue weighted by molar-refractivity contribution is 7.88. The SMILES string of the molecule is C#CC(=O)NCCNC(=O)CN(C1CCN(C(C)c2cccc3ccccc23)CC1)S(C)(=O)=O. The molecule has 3 rings (SSSR count). The van der Waals surface area contributed by atoms with Crippen molar-refractivity contribution in [3.8, 4) is 12.3 Å². The number of sulfonamides is 1. The molecule has 2 aromatic carbocycles. The van der Waals surface area contributed by atoms with Crippen molar-refractivity contribution >= 4 is 32.6 Å². The Bertz CT molecular complexity index is 1160. The molecule has 0 bridgehead atoms. The zero-order chi connectivity index (χ0) is 24.7.